The average molecular weight is 362 g/mol. The Hall–Kier alpha value is -1.79. The number of rotatable bonds is 3. The first-order valence-electron chi connectivity index (χ1n) is 6.49. The Bertz CT molecular complexity index is 816. The third kappa shape index (κ3) is 3.11. The number of hydrogen-bond donors (Lipinski definition) is 1. The molecule has 0 bridgehead atoms. The highest BCUT2D eigenvalue weighted by atomic mass is 79.9. The summed E-state index contributed by atoms with van der Waals surface area (Å²) in [5, 5.41) is 14.3. The number of halogens is 1. The van der Waals surface area contributed by atoms with E-state index in [4.69, 9.17) is 0 Å². The fourth-order valence-electron chi connectivity index (χ4n) is 1.97. The molecule has 1 N–H and O–H groups in total. The van der Waals surface area contributed by atoms with Crippen LogP contribution in [0, 0.1) is 0 Å². The number of amides is 1. The van der Waals surface area contributed by atoms with Crippen LogP contribution < -0.4 is 5.32 Å². The van der Waals surface area contributed by atoms with Gasteiger partial charge in [0.25, 0.3) is 5.91 Å². The summed E-state index contributed by atoms with van der Waals surface area (Å²) in [6.07, 6.45) is 0.818. The number of nitrogens with one attached hydrogen (secondary N) is 1. The van der Waals surface area contributed by atoms with E-state index in [1.807, 2.05) is 43.3 Å². The molecule has 3 aromatic rings. The van der Waals surface area contributed by atoms with Crippen LogP contribution in [0.3, 0.4) is 0 Å². The summed E-state index contributed by atoms with van der Waals surface area (Å²) in [6, 6.07) is 11.6. The van der Waals surface area contributed by atoms with Crippen LogP contribution in [0.5, 0.6) is 0 Å². The van der Waals surface area contributed by atoms with Gasteiger partial charge in [0, 0.05) is 10.0 Å². The zero-order chi connectivity index (χ0) is 14.8. The van der Waals surface area contributed by atoms with Crippen LogP contribution in [0.1, 0.15) is 22.3 Å². The Balaban J connectivity index is 1.85. The van der Waals surface area contributed by atoms with E-state index in [2.05, 4.69) is 31.4 Å². The molecule has 1 aromatic heterocycles. The summed E-state index contributed by atoms with van der Waals surface area (Å²) >= 11 is 4.84. The van der Waals surface area contributed by atoms with Crippen LogP contribution in [-0.4, -0.2) is 16.1 Å². The minimum atomic E-state index is -0.168. The Kier molecular flexibility index (Phi) is 3.98. The van der Waals surface area contributed by atoms with E-state index in [0.29, 0.717) is 10.7 Å². The number of hydrogen-bond acceptors (Lipinski definition) is 4. The molecule has 106 valence electrons. The van der Waals surface area contributed by atoms with Gasteiger partial charge in [0.2, 0.25) is 5.13 Å². The fraction of sp³-hybridized carbons (Fsp3) is 0.133. The van der Waals surface area contributed by atoms with Crippen molar-refractivity contribution in [2.75, 3.05) is 5.32 Å². The number of benzene rings is 2. The molecule has 0 aliphatic rings. The van der Waals surface area contributed by atoms with Crippen LogP contribution >= 0.6 is 27.3 Å². The van der Waals surface area contributed by atoms with Crippen molar-refractivity contribution in [3.05, 3.63) is 51.4 Å². The Morgan fingerprint density at radius 3 is 2.71 bits per heavy atom. The molecule has 21 heavy (non-hydrogen) atoms. The minimum Gasteiger partial charge on any atom is -0.296 e. The zero-order valence-corrected chi connectivity index (χ0v) is 13.7. The van der Waals surface area contributed by atoms with Gasteiger partial charge in [0.05, 0.1) is 0 Å². The second-order valence-electron chi connectivity index (χ2n) is 4.51. The van der Waals surface area contributed by atoms with Gasteiger partial charge in [-0.15, -0.1) is 10.2 Å². The summed E-state index contributed by atoms with van der Waals surface area (Å²) < 4.78 is 1.02. The molecule has 6 heteroatoms. The van der Waals surface area contributed by atoms with Gasteiger partial charge in [-0.2, -0.15) is 0 Å². The van der Waals surface area contributed by atoms with Crippen molar-refractivity contribution >= 4 is 49.1 Å². The smallest absolute Gasteiger partial charge is 0.257 e. The van der Waals surface area contributed by atoms with Crippen molar-refractivity contribution in [3.63, 3.8) is 0 Å². The lowest BCUT2D eigenvalue weighted by atomic mass is 10.1. The first-order valence-corrected chi connectivity index (χ1v) is 8.09. The molecular weight excluding hydrogens is 350 g/mol. The van der Waals surface area contributed by atoms with Crippen molar-refractivity contribution in [3.8, 4) is 0 Å². The second-order valence-corrected chi connectivity index (χ2v) is 6.49. The number of aryl methyl sites for hydroxylation is 1. The lowest BCUT2D eigenvalue weighted by Gasteiger charge is -2.04. The fourth-order valence-corrected chi connectivity index (χ4v) is 3.03. The monoisotopic (exact) mass is 361 g/mol. The van der Waals surface area contributed by atoms with Crippen molar-refractivity contribution in [2.24, 2.45) is 0 Å². The van der Waals surface area contributed by atoms with E-state index in [1.54, 1.807) is 0 Å². The van der Waals surface area contributed by atoms with E-state index in [-0.39, 0.29) is 5.91 Å². The summed E-state index contributed by atoms with van der Waals surface area (Å²) in [4.78, 5) is 12.2. The maximum Gasteiger partial charge on any atom is 0.257 e. The van der Waals surface area contributed by atoms with Crippen molar-refractivity contribution in [1.29, 1.82) is 0 Å². The standard InChI is InChI=1S/C15H12BrN3OS/c1-2-13-18-19-15(21-13)17-14(20)11-4-3-10-8-12(16)6-5-9(10)7-11/h3-8H,2H2,1H3,(H,17,19,20). The number of aromatic nitrogens is 2. The Morgan fingerprint density at radius 1 is 1.19 bits per heavy atom. The zero-order valence-electron chi connectivity index (χ0n) is 11.3. The quantitative estimate of drug-likeness (QED) is 0.757. The third-order valence-corrected chi connectivity index (χ3v) is 4.53. The van der Waals surface area contributed by atoms with Crippen LogP contribution in [-0.2, 0) is 6.42 Å². The molecule has 0 fully saturated rings. The molecule has 0 spiro atoms. The molecule has 1 heterocycles. The first kappa shape index (κ1) is 14.2. The van der Waals surface area contributed by atoms with Gasteiger partial charge in [-0.25, -0.2) is 0 Å². The second kappa shape index (κ2) is 5.91. The molecule has 4 nitrogen and oxygen atoms in total. The number of anilines is 1. The van der Waals surface area contributed by atoms with Gasteiger partial charge < -0.3 is 0 Å². The number of carbonyl (C=O) groups is 1. The van der Waals surface area contributed by atoms with Crippen LogP contribution in [0.15, 0.2) is 40.9 Å². The van der Waals surface area contributed by atoms with Crippen molar-refractivity contribution in [2.45, 2.75) is 13.3 Å². The van der Waals surface area contributed by atoms with Crippen LogP contribution in [0.2, 0.25) is 0 Å². The summed E-state index contributed by atoms with van der Waals surface area (Å²) in [6.45, 7) is 2.01. The molecule has 2 aromatic carbocycles. The molecular formula is C15H12BrN3OS. The lowest BCUT2D eigenvalue weighted by Crippen LogP contribution is -2.11. The normalized spacial score (nSPS) is 10.8. The summed E-state index contributed by atoms with van der Waals surface area (Å²) in [5.74, 6) is -0.168. The predicted octanol–water partition coefficient (Wildman–Crippen LogP) is 4.27. The minimum absolute atomic E-state index is 0.168. The molecule has 0 radical (unpaired) electrons. The first-order chi connectivity index (χ1) is 10.2. The Labute approximate surface area is 134 Å². The topological polar surface area (TPSA) is 54.9 Å². The number of fused-ring (bicyclic) bond motifs is 1. The summed E-state index contributed by atoms with van der Waals surface area (Å²) in [5.41, 5.74) is 0.609. The molecule has 0 aliphatic heterocycles. The SMILES string of the molecule is CCc1nnc(NC(=O)c2ccc3cc(Br)ccc3c2)s1. The largest absolute Gasteiger partial charge is 0.296 e. The maximum absolute atomic E-state index is 12.2. The van der Waals surface area contributed by atoms with E-state index in [9.17, 15) is 4.79 Å². The van der Waals surface area contributed by atoms with Crippen LogP contribution in [0.25, 0.3) is 10.8 Å². The molecule has 3 rings (SSSR count). The van der Waals surface area contributed by atoms with Gasteiger partial charge in [-0.3, -0.25) is 10.1 Å². The Morgan fingerprint density at radius 2 is 1.95 bits per heavy atom. The van der Waals surface area contributed by atoms with E-state index >= 15 is 0 Å². The molecule has 0 aliphatic carbocycles. The highest BCUT2D eigenvalue weighted by Gasteiger charge is 2.10. The third-order valence-electron chi connectivity index (χ3n) is 3.05. The van der Waals surface area contributed by atoms with Crippen LogP contribution in [0.4, 0.5) is 5.13 Å². The van der Waals surface area contributed by atoms with Gasteiger partial charge in [-0.05, 0) is 41.5 Å². The lowest BCUT2D eigenvalue weighted by molar-refractivity contribution is 0.102. The van der Waals surface area contributed by atoms with E-state index < -0.39 is 0 Å². The van der Waals surface area contributed by atoms with Crippen molar-refractivity contribution in [1.82, 2.24) is 10.2 Å². The van der Waals surface area contributed by atoms with Crippen molar-refractivity contribution < 1.29 is 4.79 Å². The maximum atomic E-state index is 12.2. The summed E-state index contributed by atoms with van der Waals surface area (Å²) in [7, 11) is 0. The molecule has 0 saturated heterocycles. The van der Waals surface area contributed by atoms with E-state index in [0.717, 1.165) is 26.7 Å². The molecule has 0 atom stereocenters. The van der Waals surface area contributed by atoms with E-state index in [1.165, 1.54) is 11.3 Å². The average Bonchev–Trinajstić information content (AvgIpc) is 2.94. The van der Waals surface area contributed by atoms with Gasteiger partial charge in [0.15, 0.2) is 0 Å². The highest BCUT2D eigenvalue weighted by molar-refractivity contribution is 9.10. The van der Waals surface area contributed by atoms with Gasteiger partial charge >= 0.3 is 0 Å². The highest BCUT2D eigenvalue weighted by Crippen LogP contribution is 2.22. The molecule has 0 unspecified atom stereocenters. The molecule has 1 amide bonds. The number of carbonyl (C=O) groups excluding carboxylic acids is 1. The number of nitrogens with zero attached hydrogens (tertiary/aromatic N) is 2. The van der Waals surface area contributed by atoms with Gasteiger partial charge in [0.1, 0.15) is 5.01 Å². The predicted molar refractivity (Wildman–Crippen MR) is 88.9 cm³/mol. The van der Waals surface area contributed by atoms with Gasteiger partial charge in [-0.1, -0.05) is 46.3 Å². The molecule has 0 saturated carbocycles.